The second-order valence-electron chi connectivity index (χ2n) is 5.89. The standard InChI is InChI=1S/C18H15ClFNO6S2/c1-26-10-11-28(22,23)18-17(29(24,25)15-8-4-13(19)5-9-15)21-16(27-18)12-2-6-14(20)7-3-12/h2-9H,10-11H2,1H3. The van der Waals surface area contributed by atoms with Gasteiger partial charge in [-0.1, -0.05) is 11.6 Å². The summed E-state index contributed by atoms with van der Waals surface area (Å²) >= 11 is 5.80. The van der Waals surface area contributed by atoms with Crippen LogP contribution >= 0.6 is 11.6 Å². The minimum absolute atomic E-state index is 0.171. The SMILES string of the molecule is COCCS(=O)(=O)c1oc(-c2ccc(F)cc2)nc1S(=O)(=O)c1ccc(Cl)cc1. The van der Waals surface area contributed by atoms with Crippen molar-refractivity contribution >= 4 is 31.3 Å². The van der Waals surface area contributed by atoms with Gasteiger partial charge in [0, 0.05) is 17.7 Å². The van der Waals surface area contributed by atoms with Gasteiger partial charge >= 0.3 is 0 Å². The van der Waals surface area contributed by atoms with Gasteiger partial charge in [0.1, 0.15) is 5.82 Å². The van der Waals surface area contributed by atoms with Crippen LogP contribution in [0.5, 0.6) is 0 Å². The molecule has 11 heteroatoms. The Labute approximate surface area is 171 Å². The van der Waals surface area contributed by atoms with E-state index >= 15 is 0 Å². The van der Waals surface area contributed by atoms with Crippen LogP contribution in [0.25, 0.3) is 11.5 Å². The molecule has 0 amide bonds. The van der Waals surface area contributed by atoms with E-state index in [1.165, 1.54) is 43.5 Å². The Morgan fingerprint density at radius 1 is 1.03 bits per heavy atom. The lowest BCUT2D eigenvalue weighted by Gasteiger charge is -2.05. The maximum atomic E-state index is 13.2. The summed E-state index contributed by atoms with van der Waals surface area (Å²) in [6.45, 7) is -0.171. The number of benzene rings is 2. The third kappa shape index (κ3) is 4.50. The number of ether oxygens (including phenoxy) is 1. The van der Waals surface area contributed by atoms with Crippen LogP contribution in [0, 0.1) is 5.82 Å². The first-order chi connectivity index (χ1) is 13.6. The number of hydrogen-bond donors (Lipinski definition) is 0. The summed E-state index contributed by atoms with van der Waals surface area (Å²) in [5.41, 5.74) is 0.215. The molecule has 1 aromatic heterocycles. The smallest absolute Gasteiger partial charge is 0.258 e. The molecular weight excluding hydrogens is 445 g/mol. The lowest BCUT2D eigenvalue weighted by Crippen LogP contribution is -2.15. The van der Waals surface area contributed by atoms with Gasteiger partial charge in [-0.3, -0.25) is 0 Å². The number of oxazole rings is 1. The third-order valence-electron chi connectivity index (χ3n) is 3.88. The van der Waals surface area contributed by atoms with Crippen molar-refractivity contribution < 1.29 is 30.4 Å². The first-order valence-electron chi connectivity index (χ1n) is 8.14. The van der Waals surface area contributed by atoms with Crippen molar-refractivity contribution in [1.82, 2.24) is 4.98 Å². The topological polar surface area (TPSA) is 104 Å². The van der Waals surface area contributed by atoms with Crippen LogP contribution in [0.1, 0.15) is 0 Å². The molecule has 0 saturated heterocycles. The summed E-state index contributed by atoms with van der Waals surface area (Å²) in [6.07, 6.45) is 0. The maximum absolute atomic E-state index is 13.2. The number of rotatable bonds is 7. The van der Waals surface area contributed by atoms with Gasteiger partial charge in [0.15, 0.2) is 0 Å². The number of halogens is 2. The molecule has 0 fully saturated rings. The van der Waals surface area contributed by atoms with Gasteiger partial charge in [0.25, 0.3) is 5.09 Å². The monoisotopic (exact) mass is 459 g/mol. The highest BCUT2D eigenvalue weighted by Crippen LogP contribution is 2.32. The molecular formula is C18H15ClFNO6S2. The van der Waals surface area contributed by atoms with Gasteiger partial charge in [-0.25, -0.2) is 21.2 Å². The fraction of sp³-hybridized carbons (Fsp3) is 0.167. The lowest BCUT2D eigenvalue weighted by atomic mass is 10.2. The minimum Gasteiger partial charge on any atom is -0.423 e. The third-order valence-corrected chi connectivity index (χ3v) is 7.48. The Bertz CT molecular complexity index is 1220. The zero-order chi connectivity index (χ0) is 21.2. The minimum atomic E-state index is -4.35. The predicted molar refractivity (Wildman–Crippen MR) is 103 cm³/mol. The first-order valence-corrected chi connectivity index (χ1v) is 11.7. The normalized spacial score (nSPS) is 12.2. The van der Waals surface area contributed by atoms with Crippen molar-refractivity contribution in [3.63, 3.8) is 0 Å². The largest absolute Gasteiger partial charge is 0.423 e. The molecule has 3 rings (SSSR count). The number of methoxy groups -OCH3 is 1. The fourth-order valence-electron chi connectivity index (χ4n) is 2.39. The van der Waals surface area contributed by atoms with Gasteiger partial charge in [0.05, 0.1) is 17.3 Å². The number of hydrogen-bond acceptors (Lipinski definition) is 7. The molecule has 3 aromatic rings. The molecule has 7 nitrogen and oxygen atoms in total. The van der Waals surface area contributed by atoms with Crippen molar-refractivity contribution in [2.75, 3.05) is 19.5 Å². The quantitative estimate of drug-likeness (QED) is 0.533. The number of sulfone groups is 2. The highest BCUT2D eigenvalue weighted by atomic mass is 35.5. The molecule has 0 atom stereocenters. The zero-order valence-electron chi connectivity index (χ0n) is 15.0. The Balaban J connectivity index is 2.21. The summed E-state index contributed by atoms with van der Waals surface area (Å²) in [4.78, 5) is 3.72. The molecule has 29 heavy (non-hydrogen) atoms. The van der Waals surface area contributed by atoms with Crippen LogP contribution in [-0.2, 0) is 24.4 Å². The summed E-state index contributed by atoms with van der Waals surface area (Å²) in [5.74, 6) is -1.30. The van der Waals surface area contributed by atoms with E-state index in [0.29, 0.717) is 5.02 Å². The molecule has 0 aliphatic carbocycles. The van der Waals surface area contributed by atoms with E-state index in [9.17, 15) is 21.2 Å². The van der Waals surface area contributed by atoms with Gasteiger partial charge in [-0.05, 0) is 48.5 Å². The van der Waals surface area contributed by atoms with Crippen molar-refractivity contribution in [3.05, 3.63) is 59.4 Å². The van der Waals surface area contributed by atoms with Crippen LogP contribution < -0.4 is 0 Å². The van der Waals surface area contributed by atoms with Crippen LogP contribution in [0.4, 0.5) is 4.39 Å². The lowest BCUT2D eigenvalue weighted by molar-refractivity contribution is 0.216. The molecule has 1 heterocycles. The number of aromatic nitrogens is 1. The number of nitrogens with zero attached hydrogens (tertiary/aromatic N) is 1. The Hall–Kier alpha value is -2.27. The summed E-state index contributed by atoms with van der Waals surface area (Å²) < 4.78 is 74.8. The Kier molecular flexibility index (Phi) is 6.08. The highest BCUT2D eigenvalue weighted by Gasteiger charge is 2.35. The average Bonchev–Trinajstić information content (AvgIpc) is 3.15. The molecule has 0 bridgehead atoms. The Morgan fingerprint density at radius 3 is 2.24 bits per heavy atom. The first kappa shape index (κ1) is 21.4. The van der Waals surface area contributed by atoms with Crippen LogP contribution in [0.2, 0.25) is 5.02 Å². The van der Waals surface area contributed by atoms with E-state index in [-0.39, 0.29) is 23.0 Å². The van der Waals surface area contributed by atoms with E-state index in [4.69, 9.17) is 20.8 Å². The average molecular weight is 460 g/mol. The molecule has 0 spiro atoms. The van der Waals surface area contributed by atoms with Crippen molar-refractivity contribution in [1.29, 1.82) is 0 Å². The van der Waals surface area contributed by atoms with E-state index in [1.54, 1.807) is 0 Å². The van der Waals surface area contributed by atoms with E-state index < -0.39 is 41.4 Å². The highest BCUT2D eigenvalue weighted by molar-refractivity contribution is 7.94. The van der Waals surface area contributed by atoms with Crippen molar-refractivity contribution in [2.45, 2.75) is 15.0 Å². The molecule has 0 radical (unpaired) electrons. The fourth-order valence-corrected chi connectivity index (χ4v) is 5.49. The van der Waals surface area contributed by atoms with Gasteiger partial charge in [-0.2, -0.15) is 4.98 Å². The molecule has 0 unspecified atom stereocenters. The Morgan fingerprint density at radius 2 is 1.66 bits per heavy atom. The van der Waals surface area contributed by atoms with Crippen LogP contribution in [0.3, 0.4) is 0 Å². The molecule has 0 aliphatic heterocycles. The second-order valence-corrected chi connectivity index (χ2v) is 10.2. The van der Waals surface area contributed by atoms with Gasteiger partial charge < -0.3 is 9.15 Å². The molecule has 0 N–H and O–H groups in total. The zero-order valence-corrected chi connectivity index (χ0v) is 17.4. The molecule has 154 valence electrons. The molecule has 0 saturated carbocycles. The van der Waals surface area contributed by atoms with E-state index in [2.05, 4.69) is 4.98 Å². The van der Waals surface area contributed by atoms with Crippen LogP contribution in [0.15, 0.2) is 68.0 Å². The molecule has 0 aliphatic rings. The predicted octanol–water partition coefficient (Wildman–Crippen LogP) is 3.39. The van der Waals surface area contributed by atoms with Gasteiger partial charge in [-0.15, -0.1) is 0 Å². The maximum Gasteiger partial charge on any atom is 0.258 e. The van der Waals surface area contributed by atoms with Gasteiger partial charge in [0.2, 0.25) is 30.6 Å². The summed E-state index contributed by atoms with van der Waals surface area (Å²) in [5, 5.41) is -1.25. The van der Waals surface area contributed by atoms with E-state index in [0.717, 1.165) is 12.1 Å². The van der Waals surface area contributed by atoms with Crippen molar-refractivity contribution in [2.24, 2.45) is 0 Å². The summed E-state index contributed by atoms with van der Waals surface area (Å²) in [7, 11) is -7.22. The second kappa shape index (κ2) is 8.23. The van der Waals surface area contributed by atoms with Crippen molar-refractivity contribution in [3.8, 4) is 11.5 Å². The molecule has 2 aromatic carbocycles. The summed E-state index contributed by atoms with van der Waals surface area (Å²) in [6, 6.07) is 10.0. The van der Waals surface area contributed by atoms with E-state index in [1.807, 2.05) is 0 Å². The van der Waals surface area contributed by atoms with Crippen LogP contribution in [-0.4, -0.2) is 41.3 Å².